The second kappa shape index (κ2) is 6.65. The lowest BCUT2D eigenvalue weighted by Gasteiger charge is -2.43. The number of hydrogen-bond acceptors (Lipinski definition) is 5. The van der Waals surface area contributed by atoms with Gasteiger partial charge in [-0.2, -0.15) is 0 Å². The fourth-order valence-electron chi connectivity index (χ4n) is 4.86. The van der Waals surface area contributed by atoms with Gasteiger partial charge in [-0.15, -0.1) is 0 Å². The van der Waals surface area contributed by atoms with Gasteiger partial charge in [0.25, 0.3) is 5.91 Å². The first kappa shape index (κ1) is 18.3. The van der Waals surface area contributed by atoms with Crippen LogP contribution in [0.1, 0.15) is 56.4 Å². The van der Waals surface area contributed by atoms with E-state index in [-0.39, 0.29) is 17.4 Å². The minimum atomic E-state index is -0.662. The highest BCUT2D eigenvalue weighted by atomic mass is 16.3. The predicted molar refractivity (Wildman–Crippen MR) is 96.1 cm³/mol. The maximum Gasteiger partial charge on any atom is 0.273 e. The van der Waals surface area contributed by atoms with Crippen molar-refractivity contribution in [2.45, 2.75) is 63.6 Å². The van der Waals surface area contributed by atoms with Crippen molar-refractivity contribution in [2.75, 3.05) is 20.6 Å². The molecule has 0 bridgehead atoms. The van der Waals surface area contributed by atoms with Crippen molar-refractivity contribution < 1.29 is 9.90 Å². The average molecular weight is 346 g/mol. The first-order valence-corrected chi connectivity index (χ1v) is 9.22. The fraction of sp³-hybridized carbons (Fsp3) is 0.737. The molecule has 1 aliphatic carbocycles. The third-order valence-electron chi connectivity index (χ3n) is 6.70. The molecule has 2 heterocycles. The molecule has 6 nitrogen and oxygen atoms in total. The molecule has 138 valence electrons. The molecule has 0 radical (unpaired) electrons. The van der Waals surface area contributed by atoms with Crippen LogP contribution < -0.4 is 0 Å². The molecule has 3 rings (SSSR count). The second-order valence-electron chi connectivity index (χ2n) is 8.25. The smallest absolute Gasteiger partial charge is 0.273 e. The Balaban J connectivity index is 1.75. The maximum atomic E-state index is 12.6. The molecule has 2 aliphatic rings. The number of aliphatic hydroxyl groups is 1. The standard InChI is InChI=1S/C19H30N4O2/c1-18-11-14(13-22(3)17(24)15-12-20-9-10-21-15)23(4)16(18)7-5-6-8-19(18,2)25/h9-10,12,14,16,25H,5-8,11,13H2,1-4H3/t14-,16-,18-,19+/m1/s1. The molecule has 1 aromatic rings. The lowest BCUT2D eigenvalue weighted by molar-refractivity contribution is -0.0754. The van der Waals surface area contributed by atoms with Crippen molar-refractivity contribution in [3.8, 4) is 0 Å². The Morgan fingerprint density at radius 1 is 1.40 bits per heavy atom. The van der Waals surface area contributed by atoms with E-state index in [1.54, 1.807) is 17.3 Å². The van der Waals surface area contributed by atoms with Crippen LogP contribution in [0.3, 0.4) is 0 Å². The van der Waals surface area contributed by atoms with E-state index in [2.05, 4.69) is 28.8 Å². The molecule has 1 saturated carbocycles. The van der Waals surface area contributed by atoms with Gasteiger partial charge in [0, 0.05) is 43.5 Å². The Bertz CT molecular complexity index is 621. The van der Waals surface area contributed by atoms with Crippen LogP contribution in [0.15, 0.2) is 18.6 Å². The monoisotopic (exact) mass is 346 g/mol. The van der Waals surface area contributed by atoms with Crippen LogP contribution in [0, 0.1) is 5.41 Å². The molecule has 4 atom stereocenters. The van der Waals surface area contributed by atoms with Crippen LogP contribution in [0.4, 0.5) is 0 Å². The van der Waals surface area contributed by atoms with E-state index >= 15 is 0 Å². The summed E-state index contributed by atoms with van der Waals surface area (Å²) in [6.45, 7) is 4.86. The molecule has 1 amide bonds. The van der Waals surface area contributed by atoms with Gasteiger partial charge in [-0.05, 0) is 33.2 Å². The summed E-state index contributed by atoms with van der Waals surface area (Å²) in [6.07, 6.45) is 9.73. The highest BCUT2D eigenvalue weighted by Crippen LogP contribution is 2.52. The minimum Gasteiger partial charge on any atom is -0.390 e. The van der Waals surface area contributed by atoms with E-state index in [1.165, 1.54) is 6.20 Å². The molecule has 0 aromatic carbocycles. The summed E-state index contributed by atoms with van der Waals surface area (Å²) in [5.74, 6) is -0.106. The number of likely N-dealkylation sites (N-methyl/N-ethyl adjacent to an activating group) is 2. The summed E-state index contributed by atoms with van der Waals surface area (Å²) >= 11 is 0. The van der Waals surface area contributed by atoms with Crippen LogP contribution in [0.2, 0.25) is 0 Å². The Labute approximate surface area is 150 Å². The Hall–Kier alpha value is -1.53. The van der Waals surface area contributed by atoms with E-state index < -0.39 is 5.60 Å². The number of carbonyl (C=O) groups is 1. The average Bonchev–Trinajstić information content (AvgIpc) is 2.76. The third-order valence-corrected chi connectivity index (χ3v) is 6.70. The number of amides is 1. The molecule has 1 aliphatic heterocycles. The van der Waals surface area contributed by atoms with E-state index in [1.807, 2.05) is 14.0 Å². The van der Waals surface area contributed by atoms with Crippen LogP contribution in [0.25, 0.3) is 0 Å². The third kappa shape index (κ3) is 3.17. The molecule has 2 fully saturated rings. The summed E-state index contributed by atoms with van der Waals surface area (Å²) in [4.78, 5) is 24.8. The first-order valence-electron chi connectivity index (χ1n) is 9.22. The molecule has 6 heteroatoms. The van der Waals surface area contributed by atoms with Crippen LogP contribution in [0.5, 0.6) is 0 Å². The zero-order chi connectivity index (χ0) is 18.2. The number of likely N-dealkylation sites (tertiary alicyclic amines) is 1. The molecule has 25 heavy (non-hydrogen) atoms. The summed E-state index contributed by atoms with van der Waals surface area (Å²) in [6, 6.07) is 0.597. The number of carbonyl (C=O) groups excluding carboxylic acids is 1. The van der Waals surface area contributed by atoms with Crippen molar-refractivity contribution in [2.24, 2.45) is 5.41 Å². The van der Waals surface area contributed by atoms with Crippen LogP contribution >= 0.6 is 0 Å². The van der Waals surface area contributed by atoms with Gasteiger partial charge >= 0.3 is 0 Å². The Morgan fingerprint density at radius 2 is 2.16 bits per heavy atom. The molecule has 1 N–H and O–H groups in total. The van der Waals surface area contributed by atoms with Gasteiger partial charge in [0.2, 0.25) is 0 Å². The van der Waals surface area contributed by atoms with Gasteiger partial charge in [-0.3, -0.25) is 14.7 Å². The van der Waals surface area contributed by atoms with Crippen molar-refractivity contribution in [1.82, 2.24) is 19.8 Å². The molecule has 1 aromatic heterocycles. The van der Waals surface area contributed by atoms with Gasteiger partial charge in [0.05, 0.1) is 11.8 Å². The Kier molecular flexibility index (Phi) is 4.86. The molecule has 1 saturated heterocycles. The van der Waals surface area contributed by atoms with Crippen molar-refractivity contribution in [3.63, 3.8) is 0 Å². The summed E-state index contributed by atoms with van der Waals surface area (Å²) in [5.41, 5.74) is -0.428. The normalized spacial score (nSPS) is 35.9. The summed E-state index contributed by atoms with van der Waals surface area (Å²) < 4.78 is 0. The summed E-state index contributed by atoms with van der Waals surface area (Å²) in [7, 11) is 3.96. The van der Waals surface area contributed by atoms with E-state index in [9.17, 15) is 9.90 Å². The number of rotatable bonds is 3. The molecule has 0 unspecified atom stereocenters. The zero-order valence-corrected chi connectivity index (χ0v) is 15.8. The van der Waals surface area contributed by atoms with Gasteiger partial charge in [-0.1, -0.05) is 19.8 Å². The second-order valence-corrected chi connectivity index (χ2v) is 8.25. The van der Waals surface area contributed by atoms with Gasteiger partial charge in [0.1, 0.15) is 5.69 Å². The zero-order valence-electron chi connectivity index (χ0n) is 15.8. The van der Waals surface area contributed by atoms with Gasteiger partial charge in [0.15, 0.2) is 0 Å². The largest absolute Gasteiger partial charge is 0.390 e. The lowest BCUT2D eigenvalue weighted by Crippen LogP contribution is -2.50. The quantitative estimate of drug-likeness (QED) is 0.906. The van der Waals surface area contributed by atoms with Crippen LogP contribution in [-0.4, -0.2) is 69.1 Å². The van der Waals surface area contributed by atoms with Gasteiger partial charge < -0.3 is 10.0 Å². The fourth-order valence-corrected chi connectivity index (χ4v) is 4.86. The highest BCUT2D eigenvalue weighted by molar-refractivity contribution is 5.91. The highest BCUT2D eigenvalue weighted by Gasteiger charge is 2.57. The maximum absolute atomic E-state index is 12.6. The molecular formula is C19H30N4O2. The molecule has 0 spiro atoms. The van der Waals surface area contributed by atoms with Crippen molar-refractivity contribution in [3.05, 3.63) is 24.3 Å². The molecular weight excluding hydrogens is 316 g/mol. The SMILES string of the molecule is CN(C[C@H]1C[C@]2(C)[C@@H](CCCC[C@]2(C)O)N1C)C(=O)c1cnccn1. The number of nitrogens with zero attached hydrogens (tertiary/aromatic N) is 4. The van der Waals surface area contributed by atoms with Gasteiger partial charge in [-0.25, -0.2) is 4.98 Å². The topological polar surface area (TPSA) is 69.6 Å². The first-order chi connectivity index (χ1) is 11.8. The van der Waals surface area contributed by atoms with Crippen LogP contribution in [-0.2, 0) is 0 Å². The number of hydrogen-bond donors (Lipinski definition) is 1. The van der Waals surface area contributed by atoms with E-state index in [0.717, 1.165) is 32.1 Å². The summed E-state index contributed by atoms with van der Waals surface area (Å²) in [5, 5.41) is 11.1. The number of fused-ring (bicyclic) bond motifs is 1. The van der Waals surface area contributed by atoms with Crippen molar-refractivity contribution in [1.29, 1.82) is 0 Å². The van der Waals surface area contributed by atoms with Crippen molar-refractivity contribution >= 4 is 5.91 Å². The predicted octanol–water partition coefficient (Wildman–Crippen LogP) is 1.95. The number of aromatic nitrogens is 2. The van der Waals surface area contributed by atoms with E-state index in [0.29, 0.717) is 18.3 Å². The lowest BCUT2D eigenvalue weighted by atomic mass is 9.67. The Morgan fingerprint density at radius 3 is 2.84 bits per heavy atom. The minimum absolute atomic E-state index is 0.106. The van der Waals surface area contributed by atoms with E-state index in [4.69, 9.17) is 0 Å².